The van der Waals surface area contributed by atoms with Gasteiger partial charge in [0, 0.05) is 54.3 Å². The first-order valence-electron chi connectivity index (χ1n) is 14.3. The van der Waals surface area contributed by atoms with Gasteiger partial charge in [-0.3, -0.25) is 4.79 Å². The summed E-state index contributed by atoms with van der Waals surface area (Å²) in [7, 11) is 3.84. The van der Waals surface area contributed by atoms with Crippen molar-refractivity contribution >= 4 is 34.0 Å². The number of likely N-dealkylation sites (N-methyl/N-ethyl adjacent to an activating group) is 1. The number of ether oxygens (including phenoxy) is 1. The van der Waals surface area contributed by atoms with Gasteiger partial charge in [-0.15, -0.1) is 0 Å². The molecule has 0 saturated carbocycles. The number of pyridine rings is 1. The van der Waals surface area contributed by atoms with Gasteiger partial charge in [0.2, 0.25) is 0 Å². The lowest BCUT2D eigenvalue weighted by Gasteiger charge is -2.13. The van der Waals surface area contributed by atoms with Crippen LogP contribution in [0.3, 0.4) is 0 Å². The summed E-state index contributed by atoms with van der Waals surface area (Å²) < 4.78 is 9.61. The summed E-state index contributed by atoms with van der Waals surface area (Å²) in [6.45, 7) is 8.39. The number of aryl methyl sites for hydroxylation is 1. The van der Waals surface area contributed by atoms with Crippen molar-refractivity contribution in [3.8, 4) is 11.5 Å². The summed E-state index contributed by atoms with van der Waals surface area (Å²) >= 11 is 0. The fourth-order valence-corrected chi connectivity index (χ4v) is 4.87. The minimum atomic E-state index is -0.170. The van der Waals surface area contributed by atoms with Crippen LogP contribution in [0.1, 0.15) is 30.9 Å². The van der Waals surface area contributed by atoms with E-state index in [9.17, 15) is 4.79 Å². The van der Waals surface area contributed by atoms with Crippen molar-refractivity contribution in [2.24, 2.45) is 5.73 Å². The van der Waals surface area contributed by atoms with E-state index in [1.54, 1.807) is 9.03 Å². The molecule has 1 unspecified atom stereocenters. The molecule has 0 aliphatic rings. The maximum Gasteiger partial charge on any atom is 0.163 e. The van der Waals surface area contributed by atoms with E-state index in [2.05, 4.69) is 32.1 Å². The number of hydrogen-bond donors (Lipinski definition) is 2. The van der Waals surface area contributed by atoms with Gasteiger partial charge in [-0.25, -0.2) is 19.0 Å². The molecule has 4 heterocycles. The number of nitrogens with zero attached hydrogens (tertiary/aromatic N) is 7. The zero-order valence-corrected chi connectivity index (χ0v) is 25.4. The van der Waals surface area contributed by atoms with Gasteiger partial charge >= 0.3 is 0 Å². The summed E-state index contributed by atoms with van der Waals surface area (Å²) in [6.07, 6.45) is 13.5. The summed E-state index contributed by atoms with van der Waals surface area (Å²) in [5.41, 5.74) is 12.1. The number of fused-ring (bicyclic) bond motifs is 2. The zero-order valence-electron chi connectivity index (χ0n) is 25.4. The Kier molecular flexibility index (Phi) is 9.27. The van der Waals surface area contributed by atoms with E-state index < -0.39 is 0 Å². The van der Waals surface area contributed by atoms with Gasteiger partial charge < -0.3 is 20.7 Å². The molecule has 11 heteroatoms. The Morgan fingerprint density at radius 2 is 1.82 bits per heavy atom. The van der Waals surface area contributed by atoms with Gasteiger partial charge in [0.1, 0.15) is 29.7 Å². The van der Waals surface area contributed by atoms with Crippen molar-refractivity contribution in [2.75, 3.05) is 26.0 Å². The van der Waals surface area contributed by atoms with E-state index in [1.807, 2.05) is 99.9 Å². The summed E-state index contributed by atoms with van der Waals surface area (Å²) in [5, 5.41) is 12.0. The highest BCUT2D eigenvalue weighted by Gasteiger charge is 2.15. The van der Waals surface area contributed by atoms with E-state index in [0.717, 1.165) is 33.7 Å². The molecule has 0 bridgehead atoms. The van der Waals surface area contributed by atoms with Gasteiger partial charge in [-0.2, -0.15) is 10.2 Å². The maximum atomic E-state index is 12.4. The van der Waals surface area contributed by atoms with Crippen LogP contribution in [-0.2, 0) is 4.79 Å². The third kappa shape index (κ3) is 7.25. The monoisotopic (exact) mass is 591 g/mol. The molecular weight excluding hydrogens is 554 g/mol. The molecule has 3 N–H and O–H groups in total. The molecular formula is C33H37N9O2. The largest absolute Gasteiger partial charge is 0.457 e. The molecule has 1 atom stereocenters. The van der Waals surface area contributed by atoms with Crippen molar-refractivity contribution in [1.29, 1.82) is 0 Å². The van der Waals surface area contributed by atoms with Crippen molar-refractivity contribution in [2.45, 2.75) is 32.7 Å². The van der Waals surface area contributed by atoms with Crippen LogP contribution in [0.4, 0.5) is 11.5 Å². The Labute approximate surface area is 256 Å². The molecule has 11 nitrogen and oxygen atoms in total. The molecule has 0 aliphatic carbocycles. The van der Waals surface area contributed by atoms with Crippen LogP contribution in [-0.4, -0.2) is 66.6 Å². The number of carbonyl (C=O) groups excluding carboxylic acids is 1. The summed E-state index contributed by atoms with van der Waals surface area (Å²) in [6, 6.07) is 11.4. The van der Waals surface area contributed by atoms with E-state index >= 15 is 0 Å². The maximum absolute atomic E-state index is 12.4. The van der Waals surface area contributed by atoms with E-state index in [4.69, 9.17) is 10.5 Å². The summed E-state index contributed by atoms with van der Waals surface area (Å²) in [4.78, 5) is 23.2. The zero-order chi connectivity index (χ0) is 31.2. The molecule has 5 aromatic rings. The van der Waals surface area contributed by atoms with Crippen molar-refractivity contribution in [1.82, 2.24) is 34.1 Å². The molecule has 4 aromatic heterocycles. The Morgan fingerprint density at radius 3 is 2.59 bits per heavy atom. The van der Waals surface area contributed by atoms with Crippen LogP contribution < -0.4 is 15.8 Å². The van der Waals surface area contributed by atoms with Crippen molar-refractivity contribution in [3.63, 3.8) is 0 Å². The minimum absolute atomic E-state index is 0.0324. The van der Waals surface area contributed by atoms with Gasteiger partial charge in [0.05, 0.1) is 0 Å². The molecule has 1 aromatic carbocycles. The highest BCUT2D eigenvalue weighted by Crippen LogP contribution is 2.32. The predicted molar refractivity (Wildman–Crippen MR) is 173 cm³/mol. The average molecular weight is 592 g/mol. The number of ketones is 1. The lowest BCUT2D eigenvalue weighted by atomic mass is 10.0. The number of nitrogens with two attached hydrogens (primary N) is 1. The third-order valence-corrected chi connectivity index (χ3v) is 6.89. The normalized spacial score (nSPS) is 12.8. The second kappa shape index (κ2) is 13.4. The van der Waals surface area contributed by atoms with Crippen molar-refractivity contribution < 1.29 is 9.53 Å². The quantitative estimate of drug-likeness (QED) is 0.137. The van der Waals surface area contributed by atoms with Crippen LogP contribution in [0, 0.1) is 6.92 Å². The average Bonchev–Trinajstić information content (AvgIpc) is 3.63. The Hall–Kier alpha value is -5.13. The first-order chi connectivity index (χ1) is 21.2. The Bertz CT molecular complexity index is 1860. The van der Waals surface area contributed by atoms with E-state index in [0.29, 0.717) is 42.2 Å². The Balaban J connectivity index is 1.35. The number of benzene rings is 1. The third-order valence-electron chi connectivity index (χ3n) is 6.89. The molecule has 0 saturated heterocycles. The molecule has 226 valence electrons. The first-order valence-corrected chi connectivity index (χ1v) is 14.3. The topological polar surface area (TPSA) is 128 Å². The van der Waals surface area contributed by atoms with Crippen LogP contribution in [0.15, 0.2) is 91.8 Å². The van der Waals surface area contributed by atoms with Gasteiger partial charge in [0.15, 0.2) is 17.2 Å². The lowest BCUT2D eigenvalue weighted by Crippen LogP contribution is -2.18. The van der Waals surface area contributed by atoms with Gasteiger partial charge in [-0.1, -0.05) is 24.8 Å². The molecule has 0 amide bonds. The molecule has 0 spiro atoms. The van der Waals surface area contributed by atoms with E-state index in [-0.39, 0.29) is 11.8 Å². The molecule has 44 heavy (non-hydrogen) atoms. The number of hydrogen-bond acceptors (Lipinski definition) is 9. The molecule has 5 rings (SSSR count). The fourth-order valence-electron chi connectivity index (χ4n) is 4.87. The SMILES string of the molecule is C=C(CN(C)C)C(=O)CC=CC/C(=C\C(C)N)c1ccn2ncnc(Nc3ccc(Oc4ccn5ncnc5c4)c(C)c3)c12. The van der Waals surface area contributed by atoms with Gasteiger partial charge in [0.25, 0.3) is 0 Å². The van der Waals surface area contributed by atoms with Crippen molar-refractivity contribution in [3.05, 3.63) is 103 Å². The van der Waals surface area contributed by atoms with Crippen LogP contribution in [0.2, 0.25) is 0 Å². The number of allylic oxidation sites excluding steroid dienone is 3. The van der Waals surface area contributed by atoms with E-state index in [1.165, 1.54) is 12.7 Å². The highest BCUT2D eigenvalue weighted by molar-refractivity contribution is 5.96. The number of rotatable bonds is 13. The number of aromatic nitrogens is 6. The smallest absolute Gasteiger partial charge is 0.163 e. The second-order valence-electron chi connectivity index (χ2n) is 11.0. The Morgan fingerprint density at radius 1 is 1.07 bits per heavy atom. The minimum Gasteiger partial charge on any atom is -0.457 e. The molecule has 0 radical (unpaired) electrons. The fraction of sp³-hybridized carbons (Fsp3) is 0.242. The van der Waals surface area contributed by atoms with Crippen LogP contribution in [0.25, 0.3) is 16.7 Å². The lowest BCUT2D eigenvalue weighted by molar-refractivity contribution is -0.115. The van der Waals surface area contributed by atoms with Crippen LogP contribution in [0.5, 0.6) is 11.5 Å². The highest BCUT2D eigenvalue weighted by atomic mass is 16.5. The standard InChI is InChI=1S/C33H37N9O2/c1-22-16-26(10-11-30(22)44-27-12-14-41-31(18-27)35-20-37-41)39-33-32-28(13-15-42(32)38-21-36-33)25(17-24(3)34)8-6-7-9-29(43)23(2)19-40(4)5/h6-7,10-18,20-21,24H,2,8-9,19,34H2,1,3-5H3,(H,36,38,39)/b7-6?,25-17+. The predicted octanol–water partition coefficient (Wildman–Crippen LogP) is 5.37. The van der Waals surface area contributed by atoms with Crippen LogP contribution >= 0.6 is 0 Å². The van der Waals surface area contributed by atoms with Gasteiger partial charge in [-0.05, 0) is 75.8 Å². The molecule has 0 aliphatic heterocycles. The number of Topliss-reactive ketones (excluding diaryl/α,β-unsaturated/α-hetero) is 1. The number of anilines is 2. The first kappa shape index (κ1) is 30.3. The summed E-state index contributed by atoms with van der Waals surface area (Å²) in [5.74, 6) is 2.09. The number of nitrogens with one attached hydrogen (secondary N) is 1. The number of carbonyl (C=O) groups is 1. The molecule has 0 fully saturated rings. The second-order valence-corrected chi connectivity index (χ2v) is 11.0.